The zero-order valence-corrected chi connectivity index (χ0v) is 18.6. The zero-order valence-electron chi connectivity index (χ0n) is 18.6. The Balaban J connectivity index is 1.68. The fourth-order valence-electron chi connectivity index (χ4n) is 4.03. The van der Waals surface area contributed by atoms with Gasteiger partial charge in [0.05, 0.1) is 17.7 Å². The maximum Gasteiger partial charge on any atom is 0.257 e. The minimum Gasteiger partial charge on any atom is -0.322 e. The van der Waals surface area contributed by atoms with Crippen LogP contribution < -0.4 is 4.90 Å². The number of anilines is 1. The second-order valence-corrected chi connectivity index (χ2v) is 8.43. The normalized spacial score (nSPS) is 15.9. The van der Waals surface area contributed by atoms with Crippen LogP contribution in [-0.2, 0) is 16.1 Å². The lowest BCUT2D eigenvalue weighted by Crippen LogP contribution is -2.45. The van der Waals surface area contributed by atoms with Crippen molar-refractivity contribution in [1.82, 2.24) is 4.90 Å². The van der Waals surface area contributed by atoms with Gasteiger partial charge in [-0.25, -0.2) is 9.29 Å². The van der Waals surface area contributed by atoms with Crippen molar-refractivity contribution in [3.8, 4) is 0 Å². The molecule has 0 saturated carbocycles. The van der Waals surface area contributed by atoms with Gasteiger partial charge >= 0.3 is 0 Å². The van der Waals surface area contributed by atoms with E-state index in [1.54, 1.807) is 18.2 Å². The maximum absolute atomic E-state index is 14.4. The van der Waals surface area contributed by atoms with Gasteiger partial charge in [-0.1, -0.05) is 68.4 Å². The van der Waals surface area contributed by atoms with Crippen LogP contribution in [0.4, 0.5) is 10.1 Å². The molecule has 0 bridgehead atoms. The molecular formula is C27H25FN2O3. The SMILES string of the molecule is CC(C)c1ccc(N2C(=O)CC(N(Cc3ccccc3)C(=O)c3ccccc3F)C2=O)cc1. The summed E-state index contributed by atoms with van der Waals surface area (Å²) in [4.78, 5) is 42.1. The van der Waals surface area contributed by atoms with Gasteiger partial charge in [-0.15, -0.1) is 0 Å². The van der Waals surface area contributed by atoms with Gasteiger partial charge in [0.1, 0.15) is 11.9 Å². The van der Waals surface area contributed by atoms with E-state index in [2.05, 4.69) is 13.8 Å². The summed E-state index contributed by atoms with van der Waals surface area (Å²) in [7, 11) is 0. The summed E-state index contributed by atoms with van der Waals surface area (Å²) in [6, 6.07) is 21.1. The molecule has 1 atom stereocenters. The van der Waals surface area contributed by atoms with Gasteiger partial charge in [-0.2, -0.15) is 0 Å². The highest BCUT2D eigenvalue weighted by Crippen LogP contribution is 2.29. The van der Waals surface area contributed by atoms with Crippen molar-refractivity contribution in [3.05, 3.63) is 101 Å². The van der Waals surface area contributed by atoms with Crippen LogP contribution >= 0.6 is 0 Å². The summed E-state index contributed by atoms with van der Waals surface area (Å²) in [5.41, 5.74) is 2.21. The van der Waals surface area contributed by atoms with Crippen LogP contribution in [0.15, 0.2) is 78.9 Å². The lowest BCUT2D eigenvalue weighted by Gasteiger charge is -2.28. The van der Waals surface area contributed by atoms with Gasteiger partial charge < -0.3 is 4.90 Å². The Hall–Kier alpha value is -3.80. The molecule has 3 aromatic rings. The first kappa shape index (κ1) is 22.4. The fraction of sp³-hybridized carbons (Fsp3) is 0.222. The summed E-state index contributed by atoms with van der Waals surface area (Å²) >= 11 is 0. The van der Waals surface area contributed by atoms with E-state index < -0.39 is 23.7 Å². The molecule has 0 aromatic heterocycles. The third-order valence-electron chi connectivity index (χ3n) is 5.88. The quantitative estimate of drug-likeness (QED) is 0.507. The van der Waals surface area contributed by atoms with Crippen LogP contribution in [0, 0.1) is 5.82 Å². The molecule has 6 heteroatoms. The Morgan fingerprint density at radius 1 is 0.970 bits per heavy atom. The summed E-state index contributed by atoms with van der Waals surface area (Å²) in [6.45, 7) is 4.21. The van der Waals surface area contributed by atoms with Crippen molar-refractivity contribution in [1.29, 1.82) is 0 Å². The van der Waals surface area contributed by atoms with Crippen LogP contribution in [0.1, 0.15) is 47.7 Å². The Bertz CT molecular complexity index is 1180. The Morgan fingerprint density at radius 2 is 1.61 bits per heavy atom. The lowest BCUT2D eigenvalue weighted by atomic mass is 10.0. The average Bonchev–Trinajstić information content (AvgIpc) is 3.11. The number of carbonyl (C=O) groups is 3. The summed E-state index contributed by atoms with van der Waals surface area (Å²) in [5, 5.41) is 0. The molecule has 1 aliphatic rings. The number of carbonyl (C=O) groups excluding carboxylic acids is 3. The number of benzene rings is 3. The van der Waals surface area contributed by atoms with Crippen molar-refractivity contribution in [3.63, 3.8) is 0 Å². The predicted octanol–water partition coefficient (Wildman–Crippen LogP) is 4.92. The van der Waals surface area contributed by atoms with E-state index in [-0.39, 0.29) is 24.4 Å². The standard InChI is InChI=1S/C27H25FN2O3/c1-18(2)20-12-14-21(15-13-20)30-25(31)16-24(27(30)33)29(17-19-8-4-3-5-9-19)26(32)22-10-6-7-11-23(22)28/h3-15,18,24H,16-17H2,1-2H3. The zero-order chi connectivity index (χ0) is 23.5. The highest BCUT2D eigenvalue weighted by molar-refractivity contribution is 6.23. The summed E-state index contributed by atoms with van der Waals surface area (Å²) < 4.78 is 14.4. The number of hydrogen-bond acceptors (Lipinski definition) is 3. The van der Waals surface area contributed by atoms with E-state index in [0.717, 1.165) is 16.0 Å². The molecule has 0 radical (unpaired) electrons. The van der Waals surface area contributed by atoms with Crippen LogP contribution in [0.2, 0.25) is 0 Å². The Kier molecular flexibility index (Phi) is 6.36. The molecule has 0 aliphatic carbocycles. The molecule has 0 N–H and O–H groups in total. The third-order valence-corrected chi connectivity index (χ3v) is 5.88. The highest BCUT2D eigenvalue weighted by Gasteiger charge is 2.44. The molecule has 1 saturated heterocycles. The second-order valence-electron chi connectivity index (χ2n) is 8.43. The van der Waals surface area contributed by atoms with Gasteiger partial charge in [0.2, 0.25) is 5.91 Å². The van der Waals surface area contributed by atoms with Gasteiger partial charge in [-0.05, 0) is 41.3 Å². The first-order chi connectivity index (χ1) is 15.9. The third kappa shape index (κ3) is 4.55. The molecule has 3 aromatic carbocycles. The molecule has 4 rings (SSSR count). The van der Waals surface area contributed by atoms with E-state index in [1.807, 2.05) is 42.5 Å². The number of nitrogens with zero attached hydrogens (tertiary/aromatic N) is 2. The number of rotatable bonds is 6. The molecule has 5 nitrogen and oxygen atoms in total. The first-order valence-corrected chi connectivity index (χ1v) is 10.9. The largest absolute Gasteiger partial charge is 0.322 e. The maximum atomic E-state index is 14.4. The van der Waals surface area contributed by atoms with Crippen molar-refractivity contribution in [2.24, 2.45) is 0 Å². The van der Waals surface area contributed by atoms with Gasteiger partial charge in [0, 0.05) is 6.54 Å². The predicted molar refractivity (Wildman–Crippen MR) is 124 cm³/mol. The Morgan fingerprint density at radius 3 is 2.24 bits per heavy atom. The molecular weight excluding hydrogens is 419 g/mol. The highest BCUT2D eigenvalue weighted by atomic mass is 19.1. The topological polar surface area (TPSA) is 57.7 Å². The smallest absolute Gasteiger partial charge is 0.257 e. The minimum absolute atomic E-state index is 0.0812. The van der Waals surface area contributed by atoms with Crippen molar-refractivity contribution in [2.45, 2.75) is 38.8 Å². The van der Waals surface area contributed by atoms with Crippen LogP contribution in [0.5, 0.6) is 0 Å². The van der Waals surface area contributed by atoms with Gasteiger partial charge in [-0.3, -0.25) is 14.4 Å². The summed E-state index contributed by atoms with van der Waals surface area (Å²) in [6.07, 6.45) is -0.155. The van der Waals surface area contributed by atoms with Crippen LogP contribution in [-0.4, -0.2) is 28.7 Å². The first-order valence-electron chi connectivity index (χ1n) is 10.9. The number of halogens is 1. The van der Waals surface area contributed by atoms with Crippen molar-refractivity contribution < 1.29 is 18.8 Å². The second kappa shape index (κ2) is 9.36. The Labute approximate surface area is 192 Å². The van der Waals surface area contributed by atoms with Crippen molar-refractivity contribution in [2.75, 3.05) is 4.90 Å². The van der Waals surface area contributed by atoms with E-state index in [4.69, 9.17) is 0 Å². The lowest BCUT2D eigenvalue weighted by molar-refractivity contribution is -0.122. The molecule has 33 heavy (non-hydrogen) atoms. The monoisotopic (exact) mass is 444 g/mol. The van der Waals surface area contributed by atoms with Crippen molar-refractivity contribution >= 4 is 23.4 Å². The minimum atomic E-state index is -1.02. The fourth-order valence-corrected chi connectivity index (χ4v) is 4.03. The molecule has 1 aliphatic heterocycles. The van der Waals surface area contributed by atoms with E-state index in [9.17, 15) is 18.8 Å². The molecule has 3 amide bonds. The summed E-state index contributed by atoms with van der Waals surface area (Å²) in [5.74, 6) is -1.85. The van der Waals surface area contributed by atoms with Crippen LogP contribution in [0.25, 0.3) is 0 Å². The van der Waals surface area contributed by atoms with Gasteiger partial charge in [0.25, 0.3) is 11.8 Å². The molecule has 168 valence electrons. The van der Waals surface area contributed by atoms with E-state index in [0.29, 0.717) is 11.6 Å². The number of imide groups is 1. The number of amides is 3. The molecule has 1 heterocycles. The molecule has 1 fully saturated rings. The molecule has 0 spiro atoms. The van der Waals surface area contributed by atoms with E-state index >= 15 is 0 Å². The van der Waals surface area contributed by atoms with Crippen LogP contribution in [0.3, 0.4) is 0 Å². The van der Waals surface area contributed by atoms with E-state index in [1.165, 1.54) is 23.1 Å². The average molecular weight is 445 g/mol. The van der Waals surface area contributed by atoms with Gasteiger partial charge in [0.15, 0.2) is 0 Å². The number of hydrogen-bond donors (Lipinski definition) is 0. The molecule has 1 unspecified atom stereocenters.